The zero-order valence-electron chi connectivity index (χ0n) is 21.9. The predicted molar refractivity (Wildman–Crippen MR) is 133 cm³/mol. The summed E-state index contributed by atoms with van der Waals surface area (Å²) in [6.07, 6.45) is 1.30. The lowest BCUT2D eigenvalue weighted by atomic mass is 9.78. The second kappa shape index (κ2) is 12.7. The lowest BCUT2D eigenvalue weighted by Crippen LogP contribution is -2.25. The van der Waals surface area contributed by atoms with Crippen LogP contribution in [0.2, 0.25) is 0 Å². The molecule has 196 valence electrons. The molecule has 2 aromatic carbocycles. The third-order valence-electron chi connectivity index (χ3n) is 6.26. The van der Waals surface area contributed by atoms with Gasteiger partial charge in [-0.05, 0) is 43.5 Å². The van der Waals surface area contributed by atoms with Crippen LogP contribution < -0.4 is 28.4 Å². The molecule has 0 heterocycles. The summed E-state index contributed by atoms with van der Waals surface area (Å²) < 4.78 is 32.5. The number of nitrogens with zero attached hydrogens (tertiary/aromatic N) is 2. The molecule has 0 saturated carbocycles. The molecule has 2 unspecified atom stereocenters. The highest BCUT2D eigenvalue weighted by atomic mass is 16.6. The van der Waals surface area contributed by atoms with Gasteiger partial charge in [-0.15, -0.1) is 0 Å². The van der Waals surface area contributed by atoms with Gasteiger partial charge in [0.1, 0.15) is 0 Å². The van der Waals surface area contributed by atoms with Crippen LogP contribution in [0.25, 0.3) is 0 Å². The van der Waals surface area contributed by atoms with E-state index in [1.54, 1.807) is 31.2 Å². The van der Waals surface area contributed by atoms with Crippen molar-refractivity contribution in [3.63, 3.8) is 0 Å². The molecule has 0 aliphatic carbocycles. The zero-order valence-corrected chi connectivity index (χ0v) is 21.9. The largest absolute Gasteiger partial charge is 0.493 e. The van der Waals surface area contributed by atoms with Crippen molar-refractivity contribution in [3.05, 3.63) is 45.5 Å². The molecule has 36 heavy (non-hydrogen) atoms. The summed E-state index contributed by atoms with van der Waals surface area (Å²) in [5.41, 5.74) is 0.297. The first kappa shape index (κ1) is 28.4. The second-order valence-electron chi connectivity index (χ2n) is 8.39. The average Bonchev–Trinajstić information content (AvgIpc) is 2.90. The van der Waals surface area contributed by atoms with Crippen LogP contribution in [0.5, 0.6) is 34.5 Å². The Bertz CT molecular complexity index is 1100. The lowest BCUT2D eigenvalue weighted by molar-refractivity contribution is -0.523. The zero-order chi connectivity index (χ0) is 26.9. The summed E-state index contributed by atoms with van der Waals surface area (Å²) in [5, 5.41) is 22.0. The van der Waals surface area contributed by atoms with Gasteiger partial charge in [0.2, 0.25) is 17.5 Å². The molecule has 2 rings (SSSR count). The Hall–Kier alpha value is -3.87. The maximum atomic E-state index is 11.8. The predicted octanol–water partition coefficient (Wildman–Crippen LogP) is 4.58. The number of hydrogen-bond donors (Lipinski definition) is 0. The van der Waals surface area contributed by atoms with E-state index in [1.807, 2.05) is 0 Å². The molecule has 0 spiro atoms. The van der Waals surface area contributed by atoms with E-state index < -0.39 is 11.5 Å². The fraction of sp³-hybridized carbons (Fsp3) is 0.500. The summed E-state index contributed by atoms with van der Waals surface area (Å²) >= 11 is 0. The molecule has 2 atom stereocenters. The monoisotopic (exact) mass is 502 g/mol. The Morgan fingerprint density at radius 2 is 1.50 bits per heavy atom. The van der Waals surface area contributed by atoms with Crippen molar-refractivity contribution >= 4 is 0 Å². The fourth-order valence-electron chi connectivity index (χ4n) is 4.25. The number of methoxy groups -OCH3 is 6. The van der Waals surface area contributed by atoms with E-state index in [1.165, 1.54) is 42.7 Å². The Morgan fingerprint density at radius 1 is 0.889 bits per heavy atom. The van der Waals surface area contributed by atoms with Gasteiger partial charge in [0, 0.05) is 23.3 Å². The molecule has 10 nitrogen and oxygen atoms in total. The number of hydrogen-bond acceptors (Lipinski definition) is 9. The topological polar surface area (TPSA) is 122 Å². The molecular weight excluding hydrogens is 468 g/mol. The van der Waals surface area contributed by atoms with Crippen LogP contribution in [0.15, 0.2) is 24.3 Å². The molecule has 0 aliphatic rings. The second-order valence-corrected chi connectivity index (χ2v) is 8.39. The Morgan fingerprint density at radius 3 is 2.00 bits per heavy atom. The Labute approximate surface area is 211 Å². The molecule has 0 radical (unpaired) electrons. The molecule has 0 saturated heterocycles. The van der Waals surface area contributed by atoms with Crippen molar-refractivity contribution in [1.29, 1.82) is 5.26 Å². The normalized spacial score (nSPS) is 13.1. The summed E-state index contributed by atoms with van der Waals surface area (Å²) in [7, 11) is 8.99. The molecule has 0 fully saturated rings. The van der Waals surface area contributed by atoms with Gasteiger partial charge in [-0.1, -0.05) is 6.07 Å². The molecule has 0 N–H and O–H groups in total. The van der Waals surface area contributed by atoms with Gasteiger partial charge in [-0.3, -0.25) is 10.1 Å². The molecule has 0 bridgehead atoms. The van der Waals surface area contributed by atoms with Crippen LogP contribution in [0.4, 0.5) is 0 Å². The van der Waals surface area contributed by atoms with Crippen molar-refractivity contribution in [3.8, 4) is 40.6 Å². The third kappa shape index (κ3) is 6.03. The minimum absolute atomic E-state index is 0.226. The van der Waals surface area contributed by atoms with E-state index in [4.69, 9.17) is 28.4 Å². The molecule has 0 amide bonds. The van der Waals surface area contributed by atoms with Crippen LogP contribution in [0, 0.1) is 21.4 Å². The van der Waals surface area contributed by atoms with Crippen molar-refractivity contribution in [2.24, 2.45) is 0 Å². The first-order valence-electron chi connectivity index (χ1n) is 11.4. The quantitative estimate of drug-likeness (QED) is 0.270. The Kier molecular flexibility index (Phi) is 10.0. The first-order valence-corrected chi connectivity index (χ1v) is 11.4. The molecular formula is C26H34N2O8. The van der Waals surface area contributed by atoms with Gasteiger partial charge in [-0.2, -0.15) is 5.26 Å². The maximum absolute atomic E-state index is 11.8. The van der Waals surface area contributed by atoms with Crippen molar-refractivity contribution in [2.75, 3.05) is 42.7 Å². The maximum Gasteiger partial charge on any atom is 0.217 e. The highest BCUT2D eigenvalue weighted by Gasteiger charge is 2.35. The van der Waals surface area contributed by atoms with E-state index >= 15 is 0 Å². The number of nitriles is 1. The van der Waals surface area contributed by atoms with Gasteiger partial charge in [0.15, 0.2) is 23.0 Å². The van der Waals surface area contributed by atoms with Crippen molar-refractivity contribution in [1.82, 2.24) is 0 Å². The van der Waals surface area contributed by atoms with Gasteiger partial charge in [-0.25, -0.2) is 0 Å². The van der Waals surface area contributed by atoms with E-state index in [0.29, 0.717) is 52.9 Å². The van der Waals surface area contributed by atoms with Crippen LogP contribution in [-0.2, 0) is 11.8 Å². The van der Waals surface area contributed by atoms with Gasteiger partial charge >= 0.3 is 0 Å². The van der Waals surface area contributed by atoms with Gasteiger partial charge in [0.05, 0.1) is 54.1 Å². The molecule has 0 aliphatic heterocycles. The summed E-state index contributed by atoms with van der Waals surface area (Å²) in [6, 6.07) is 8.49. The Balaban J connectivity index is 2.29. The van der Waals surface area contributed by atoms with E-state index in [-0.39, 0.29) is 17.8 Å². The summed E-state index contributed by atoms with van der Waals surface area (Å²) in [4.78, 5) is 11.6. The molecule has 2 aromatic rings. The van der Waals surface area contributed by atoms with Gasteiger partial charge in [0.25, 0.3) is 0 Å². The third-order valence-corrected chi connectivity index (χ3v) is 6.26. The number of nitro groups is 1. The molecule has 0 aromatic heterocycles. The lowest BCUT2D eigenvalue weighted by Gasteiger charge is -2.27. The van der Waals surface area contributed by atoms with Crippen LogP contribution in [-0.4, -0.2) is 53.6 Å². The fourth-order valence-corrected chi connectivity index (χ4v) is 4.25. The minimum atomic E-state index is -1.03. The number of rotatable bonds is 14. The van der Waals surface area contributed by atoms with E-state index in [0.717, 1.165) is 5.56 Å². The highest BCUT2D eigenvalue weighted by molar-refractivity contribution is 5.65. The van der Waals surface area contributed by atoms with Crippen LogP contribution in [0.1, 0.15) is 37.3 Å². The first-order chi connectivity index (χ1) is 17.2. The van der Waals surface area contributed by atoms with Crippen molar-refractivity contribution < 1.29 is 33.3 Å². The van der Waals surface area contributed by atoms with Crippen molar-refractivity contribution in [2.45, 2.75) is 44.1 Å². The van der Waals surface area contributed by atoms with Crippen LogP contribution >= 0.6 is 0 Å². The highest BCUT2D eigenvalue weighted by Crippen LogP contribution is 2.50. The smallest absolute Gasteiger partial charge is 0.217 e. The summed E-state index contributed by atoms with van der Waals surface area (Å²) in [5.74, 6) is 2.49. The minimum Gasteiger partial charge on any atom is -0.493 e. The number of ether oxygens (including phenoxy) is 6. The van der Waals surface area contributed by atoms with E-state index in [9.17, 15) is 15.4 Å². The van der Waals surface area contributed by atoms with Gasteiger partial charge < -0.3 is 28.4 Å². The standard InChI is InChI=1S/C26H34N2O8/c1-26(16-27,19-15-22(33-4)24(35-6)25(36-7)23(19)34-5)12-8-9-18(28(29)30)13-17-10-11-20(31-2)21(14-17)32-3/h10-11,14-15,18H,8-9,12-13H2,1-7H3. The van der Waals surface area contributed by atoms with E-state index in [2.05, 4.69) is 6.07 Å². The SMILES string of the molecule is COc1ccc(CC(CCCC(C)(C#N)c2cc(OC)c(OC)c(OC)c2OC)[N+](=O)[O-])cc1OC. The van der Waals surface area contributed by atoms with Crippen LogP contribution in [0.3, 0.4) is 0 Å². The number of benzene rings is 2. The molecule has 10 heteroatoms. The average molecular weight is 503 g/mol. The summed E-state index contributed by atoms with van der Waals surface area (Å²) in [6.45, 7) is 1.77.